The Morgan fingerprint density at radius 1 is 0.952 bits per heavy atom. The van der Waals surface area contributed by atoms with Gasteiger partial charge >= 0.3 is 0 Å². The number of benzene rings is 2. The van der Waals surface area contributed by atoms with Gasteiger partial charge in [0.2, 0.25) is 0 Å². The molecule has 2 nitrogen and oxygen atoms in total. The predicted molar refractivity (Wildman–Crippen MR) is 89.3 cm³/mol. The molecule has 4 heteroatoms. The molecule has 0 aliphatic heterocycles. The van der Waals surface area contributed by atoms with E-state index < -0.39 is 0 Å². The number of hydrogen-bond donors (Lipinski definition) is 0. The van der Waals surface area contributed by atoms with Gasteiger partial charge in [0.25, 0.3) is 0 Å². The van der Waals surface area contributed by atoms with Gasteiger partial charge in [0.05, 0.1) is 10.5 Å². The SMILES string of the molecule is ClCCc1nc2c(Cl)cccc2n1CCc1ccccc1. The van der Waals surface area contributed by atoms with Gasteiger partial charge in [0, 0.05) is 18.8 Å². The van der Waals surface area contributed by atoms with E-state index in [4.69, 9.17) is 23.2 Å². The lowest BCUT2D eigenvalue weighted by molar-refractivity contribution is 0.675. The number of alkyl halides is 1. The Bertz CT molecular complexity index is 735. The average molecular weight is 319 g/mol. The minimum absolute atomic E-state index is 0.562. The van der Waals surface area contributed by atoms with E-state index in [-0.39, 0.29) is 0 Å². The van der Waals surface area contributed by atoms with Crippen molar-refractivity contribution < 1.29 is 0 Å². The molecule has 0 radical (unpaired) electrons. The van der Waals surface area contributed by atoms with Crippen LogP contribution in [0.1, 0.15) is 11.4 Å². The molecular formula is C17H16Cl2N2. The number of hydrogen-bond acceptors (Lipinski definition) is 1. The Morgan fingerprint density at radius 2 is 1.76 bits per heavy atom. The number of aryl methyl sites for hydroxylation is 3. The van der Waals surface area contributed by atoms with Crippen molar-refractivity contribution in [3.8, 4) is 0 Å². The standard InChI is InChI=1S/C17H16Cl2N2/c18-11-9-16-20-17-14(19)7-4-8-15(17)21(16)12-10-13-5-2-1-3-6-13/h1-8H,9-12H2. The van der Waals surface area contributed by atoms with Gasteiger partial charge in [-0.3, -0.25) is 0 Å². The lowest BCUT2D eigenvalue weighted by atomic mass is 10.1. The minimum Gasteiger partial charge on any atom is -0.328 e. The molecule has 0 saturated heterocycles. The van der Waals surface area contributed by atoms with Crippen LogP contribution in [-0.2, 0) is 19.4 Å². The Hall–Kier alpha value is -1.51. The summed E-state index contributed by atoms with van der Waals surface area (Å²) < 4.78 is 2.23. The Labute approximate surface area is 134 Å². The highest BCUT2D eigenvalue weighted by atomic mass is 35.5. The molecule has 3 rings (SSSR count). The average Bonchev–Trinajstić information content (AvgIpc) is 2.86. The van der Waals surface area contributed by atoms with Crippen LogP contribution in [0.5, 0.6) is 0 Å². The molecule has 0 fully saturated rings. The normalized spacial score (nSPS) is 11.1. The number of rotatable bonds is 5. The van der Waals surface area contributed by atoms with Crippen molar-refractivity contribution in [2.75, 3.05) is 5.88 Å². The summed E-state index contributed by atoms with van der Waals surface area (Å²) in [6.07, 6.45) is 1.72. The first-order chi connectivity index (χ1) is 10.3. The lowest BCUT2D eigenvalue weighted by Gasteiger charge is -2.08. The zero-order valence-corrected chi connectivity index (χ0v) is 13.1. The number of imidazole rings is 1. The summed E-state index contributed by atoms with van der Waals surface area (Å²) in [4.78, 5) is 4.66. The number of halogens is 2. The highest BCUT2D eigenvalue weighted by molar-refractivity contribution is 6.34. The number of nitrogens with zero attached hydrogens (tertiary/aromatic N) is 2. The van der Waals surface area contributed by atoms with Crippen LogP contribution in [0.4, 0.5) is 0 Å². The lowest BCUT2D eigenvalue weighted by Crippen LogP contribution is -2.07. The van der Waals surface area contributed by atoms with Crippen LogP contribution >= 0.6 is 23.2 Å². The number of fused-ring (bicyclic) bond motifs is 1. The van der Waals surface area contributed by atoms with Crippen molar-refractivity contribution in [1.29, 1.82) is 0 Å². The molecule has 1 heterocycles. The first kappa shape index (κ1) is 14.4. The summed E-state index contributed by atoms with van der Waals surface area (Å²) >= 11 is 12.2. The highest BCUT2D eigenvalue weighted by Gasteiger charge is 2.12. The van der Waals surface area contributed by atoms with E-state index in [1.807, 2.05) is 18.2 Å². The highest BCUT2D eigenvalue weighted by Crippen LogP contribution is 2.24. The fourth-order valence-corrected chi connectivity index (χ4v) is 2.95. The Kier molecular flexibility index (Phi) is 4.47. The van der Waals surface area contributed by atoms with Crippen LogP contribution in [0.2, 0.25) is 5.02 Å². The van der Waals surface area contributed by atoms with E-state index in [0.29, 0.717) is 10.9 Å². The predicted octanol–water partition coefficient (Wildman–Crippen LogP) is 4.71. The van der Waals surface area contributed by atoms with Gasteiger partial charge in [-0.1, -0.05) is 48.0 Å². The van der Waals surface area contributed by atoms with Crippen molar-refractivity contribution in [3.05, 3.63) is 64.9 Å². The van der Waals surface area contributed by atoms with E-state index in [2.05, 4.69) is 39.9 Å². The monoisotopic (exact) mass is 318 g/mol. The summed E-state index contributed by atoms with van der Waals surface area (Å²) in [6.45, 7) is 0.882. The summed E-state index contributed by atoms with van der Waals surface area (Å²) in [7, 11) is 0. The molecule has 0 amide bonds. The Morgan fingerprint density at radius 3 is 2.52 bits per heavy atom. The van der Waals surface area contributed by atoms with Gasteiger partial charge < -0.3 is 4.57 Å². The third-order valence-electron chi connectivity index (χ3n) is 3.59. The molecule has 0 saturated carbocycles. The maximum Gasteiger partial charge on any atom is 0.111 e. The van der Waals surface area contributed by atoms with Crippen LogP contribution in [-0.4, -0.2) is 15.4 Å². The Balaban J connectivity index is 1.95. The second kappa shape index (κ2) is 6.50. The summed E-state index contributed by atoms with van der Waals surface area (Å²) in [6, 6.07) is 16.4. The molecule has 21 heavy (non-hydrogen) atoms. The maximum absolute atomic E-state index is 6.25. The third-order valence-corrected chi connectivity index (χ3v) is 4.09. The van der Waals surface area contributed by atoms with Gasteiger partial charge in [-0.15, -0.1) is 11.6 Å². The summed E-state index contributed by atoms with van der Waals surface area (Å²) in [5, 5.41) is 0.696. The molecule has 1 aromatic heterocycles. The molecule has 0 bridgehead atoms. The summed E-state index contributed by atoms with van der Waals surface area (Å²) in [5.74, 6) is 1.57. The van der Waals surface area contributed by atoms with Crippen LogP contribution in [0.15, 0.2) is 48.5 Å². The first-order valence-corrected chi connectivity index (χ1v) is 7.94. The van der Waals surface area contributed by atoms with E-state index >= 15 is 0 Å². The van der Waals surface area contributed by atoms with Crippen molar-refractivity contribution in [1.82, 2.24) is 9.55 Å². The first-order valence-electron chi connectivity index (χ1n) is 7.03. The van der Waals surface area contributed by atoms with E-state index in [0.717, 1.165) is 36.2 Å². The number of para-hydroxylation sites is 1. The minimum atomic E-state index is 0.562. The van der Waals surface area contributed by atoms with Crippen LogP contribution in [0.3, 0.4) is 0 Å². The molecule has 0 N–H and O–H groups in total. The molecule has 2 aromatic carbocycles. The molecule has 0 aliphatic carbocycles. The smallest absolute Gasteiger partial charge is 0.111 e. The molecule has 0 atom stereocenters. The van der Waals surface area contributed by atoms with Crippen LogP contribution < -0.4 is 0 Å². The molecule has 3 aromatic rings. The maximum atomic E-state index is 6.25. The third kappa shape index (κ3) is 3.07. The molecule has 0 spiro atoms. The topological polar surface area (TPSA) is 17.8 Å². The quantitative estimate of drug-likeness (QED) is 0.623. The van der Waals surface area contributed by atoms with Gasteiger partial charge in [0.15, 0.2) is 0 Å². The molecule has 0 aliphatic rings. The van der Waals surface area contributed by atoms with Gasteiger partial charge in [-0.2, -0.15) is 0 Å². The molecule has 0 unspecified atom stereocenters. The van der Waals surface area contributed by atoms with E-state index in [9.17, 15) is 0 Å². The van der Waals surface area contributed by atoms with Crippen molar-refractivity contribution in [2.45, 2.75) is 19.4 Å². The zero-order chi connectivity index (χ0) is 14.7. The second-order valence-corrected chi connectivity index (χ2v) is 5.75. The van der Waals surface area contributed by atoms with Gasteiger partial charge in [-0.05, 0) is 24.1 Å². The van der Waals surface area contributed by atoms with Crippen LogP contribution in [0, 0.1) is 0 Å². The van der Waals surface area contributed by atoms with Crippen LogP contribution in [0.25, 0.3) is 11.0 Å². The largest absolute Gasteiger partial charge is 0.328 e. The number of aromatic nitrogens is 2. The summed E-state index contributed by atoms with van der Waals surface area (Å²) in [5.41, 5.74) is 3.27. The van der Waals surface area contributed by atoms with Crippen molar-refractivity contribution in [3.63, 3.8) is 0 Å². The molecular weight excluding hydrogens is 303 g/mol. The van der Waals surface area contributed by atoms with Crippen molar-refractivity contribution >= 4 is 34.2 Å². The molecule has 108 valence electrons. The van der Waals surface area contributed by atoms with Gasteiger partial charge in [0.1, 0.15) is 11.3 Å². The second-order valence-electron chi connectivity index (χ2n) is 4.96. The van der Waals surface area contributed by atoms with E-state index in [1.165, 1.54) is 5.56 Å². The van der Waals surface area contributed by atoms with E-state index in [1.54, 1.807) is 0 Å². The fourth-order valence-electron chi connectivity index (χ4n) is 2.57. The fraction of sp³-hybridized carbons (Fsp3) is 0.235. The zero-order valence-electron chi connectivity index (χ0n) is 11.6. The van der Waals surface area contributed by atoms with Gasteiger partial charge in [-0.25, -0.2) is 4.98 Å². The van der Waals surface area contributed by atoms with Crippen molar-refractivity contribution in [2.24, 2.45) is 0 Å².